The smallest absolute Gasteiger partial charge is 0.0491 e. The Morgan fingerprint density at radius 3 is 1.79 bits per heavy atom. The Hall–Kier alpha value is -0.890. The third-order valence-corrected chi connectivity index (χ3v) is 4.02. The maximum atomic E-state index is 4.87. The summed E-state index contributed by atoms with van der Waals surface area (Å²) in [5.41, 5.74) is 4.02. The van der Waals surface area contributed by atoms with Crippen LogP contribution in [-0.4, -0.2) is 4.98 Å². The highest BCUT2D eigenvalue weighted by Gasteiger charge is 2.14. The van der Waals surface area contributed by atoms with Crippen molar-refractivity contribution in [2.75, 3.05) is 0 Å². The van der Waals surface area contributed by atoms with E-state index in [0.717, 1.165) is 12.8 Å². The van der Waals surface area contributed by atoms with E-state index in [-0.39, 0.29) is 0 Å². The Morgan fingerprint density at radius 1 is 0.917 bits per heavy atom. The number of fused-ring (bicyclic) bond motifs is 1. The molecule has 1 nitrogen and oxygen atoms in total. The molecule has 0 fully saturated rings. The van der Waals surface area contributed by atoms with E-state index < -0.39 is 0 Å². The van der Waals surface area contributed by atoms with Gasteiger partial charge in [0, 0.05) is 21.5 Å². The minimum Gasteiger partial charge on any atom is -0.257 e. The number of thiophene rings is 1. The molecule has 0 spiro atoms. The molecule has 0 unspecified atom stereocenters. The average Bonchev–Trinajstić information content (AvgIpc) is 3.06. The van der Waals surface area contributed by atoms with Crippen LogP contribution in [0.2, 0.25) is 0 Å². The van der Waals surface area contributed by atoms with E-state index >= 15 is 0 Å². The van der Waals surface area contributed by atoms with Crippen LogP contribution in [0.1, 0.15) is 105 Å². The highest BCUT2D eigenvalue weighted by atomic mass is 32.1. The highest BCUT2D eigenvalue weighted by molar-refractivity contribution is 7.17. The molecular weight excluding hydrogens is 310 g/mol. The highest BCUT2D eigenvalue weighted by Crippen LogP contribution is 2.32. The van der Waals surface area contributed by atoms with Crippen molar-refractivity contribution in [2.45, 2.75) is 101 Å². The van der Waals surface area contributed by atoms with Crippen molar-refractivity contribution in [1.29, 1.82) is 0 Å². The molecule has 0 bridgehead atoms. The van der Waals surface area contributed by atoms with Crippen LogP contribution in [0.15, 0.2) is 11.4 Å². The second-order valence-corrected chi connectivity index (χ2v) is 6.78. The Kier molecular flexibility index (Phi) is 16.5. The summed E-state index contributed by atoms with van der Waals surface area (Å²) in [6.45, 7) is 21.4. The van der Waals surface area contributed by atoms with E-state index in [0.29, 0.717) is 5.92 Å². The quantitative estimate of drug-likeness (QED) is 0.541. The van der Waals surface area contributed by atoms with Crippen LogP contribution in [0.25, 0.3) is 10.1 Å². The fourth-order valence-corrected chi connectivity index (χ4v) is 3.29. The molecule has 0 atom stereocenters. The number of hydrogen-bond donors (Lipinski definition) is 0. The zero-order valence-corrected chi connectivity index (χ0v) is 18.7. The molecule has 2 heteroatoms. The van der Waals surface area contributed by atoms with Crippen molar-refractivity contribution in [1.82, 2.24) is 4.98 Å². The van der Waals surface area contributed by atoms with Gasteiger partial charge in [0.25, 0.3) is 0 Å². The van der Waals surface area contributed by atoms with E-state index in [1.54, 1.807) is 0 Å². The number of nitrogens with zero attached hydrogens (tertiary/aromatic N) is 1. The largest absolute Gasteiger partial charge is 0.257 e. The van der Waals surface area contributed by atoms with Gasteiger partial charge in [-0.15, -0.1) is 11.3 Å². The number of aromatic nitrogens is 1. The van der Waals surface area contributed by atoms with Crippen molar-refractivity contribution in [3.8, 4) is 0 Å². The molecule has 0 aliphatic carbocycles. The van der Waals surface area contributed by atoms with E-state index in [2.05, 4.69) is 66.8 Å². The lowest BCUT2D eigenvalue weighted by Crippen LogP contribution is -2.03. The van der Waals surface area contributed by atoms with Gasteiger partial charge in [-0.25, -0.2) is 0 Å². The molecule has 0 aromatic carbocycles. The zero-order valence-electron chi connectivity index (χ0n) is 17.9. The van der Waals surface area contributed by atoms with Gasteiger partial charge in [-0.3, -0.25) is 4.98 Å². The molecule has 0 saturated heterocycles. The van der Waals surface area contributed by atoms with Crippen LogP contribution in [0.3, 0.4) is 0 Å². The van der Waals surface area contributed by atoms with Crippen LogP contribution >= 0.6 is 11.3 Å². The Labute approximate surface area is 155 Å². The SMILES string of the molecule is CC.CCC.CCC.CCc1nc(C(C)C)c(CC)c2sccc12. The maximum absolute atomic E-state index is 4.87. The standard InChI is InChI=1S/C14H19NS.2C3H8.C2H6/c1-5-10-13(9(3)4)15-12(6-2)11-7-8-16-14(10)11;2*1-3-2;1-2/h7-9H,5-6H2,1-4H3;2*3H2,1-2H3;1-2H3. The third-order valence-electron chi connectivity index (χ3n) is 3.05. The van der Waals surface area contributed by atoms with Gasteiger partial charge >= 0.3 is 0 Å². The summed E-state index contributed by atoms with van der Waals surface area (Å²) >= 11 is 1.86. The molecule has 24 heavy (non-hydrogen) atoms. The number of rotatable bonds is 3. The van der Waals surface area contributed by atoms with Crippen LogP contribution in [-0.2, 0) is 12.8 Å². The summed E-state index contributed by atoms with van der Waals surface area (Å²) in [6.07, 6.45) is 4.61. The first-order chi connectivity index (χ1) is 11.5. The zero-order chi connectivity index (χ0) is 19.1. The average molecular weight is 352 g/mol. The Balaban J connectivity index is 0. The minimum absolute atomic E-state index is 0.520. The first-order valence-corrected chi connectivity index (χ1v) is 10.8. The lowest BCUT2D eigenvalue weighted by molar-refractivity contribution is 0.793. The van der Waals surface area contributed by atoms with Gasteiger partial charge < -0.3 is 0 Å². The van der Waals surface area contributed by atoms with Crippen LogP contribution in [0.4, 0.5) is 0 Å². The molecule has 0 saturated carbocycles. The predicted octanol–water partition coefficient (Wildman–Crippen LogP) is 8.40. The van der Waals surface area contributed by atoms with E-state index in [9.17, 15) is 0 Å². The van der Waals surface area contributed by atoms with E-state index in [1.165, 1.54) is 39.9 Å². The maximum Gasteiger partial charge on any atom is 0.0491 e. The summed E-state index contributed by atoms with van der Waals surface area (Å²) in [4.78, 5) is 4.87. The molecule has 2 rings (SSSR count). The molecule has 0 radical (unpaired) electrons. The first-order valence-electron chi connectivity index (χ1n) is 9.90. The fraction of sp³-hybridized carbons (Fsp3) is 0.682. The third kappa shape index (κ3) is 7.79. The summed E-state index contributed by atoms with van der Waals surface area (Å²) in [5, 5.41) is 3.56. The molecular formula is C22H41NS. The van der Waals surface area contributed by atoms with E-state index in [1.807, 2.05) is 25.2 Å². The molecule has 0 N–H and O–H groups in total. The van der Waals surface area contributed by atoms with Crippen LogP contribution < -0.4 is 0 Å². The van der Waals surface area contributed by atoms with Crippen molar-refractivity contribution < 1.29 is 0 Å². The van der Waals surface area contributed by atoms with Gasteiger partial charge in [0.15, 0.2) is 0 Å². The van der Waals surface area contributed by atoms with Crippen LogP contribution in [0.5, 0.6) is 0 Å². The number of hydrogen-bond acceptors (Lipinski definition) is 2. The van der Waals surface area contributed by atoms with Gasteiger partial charge in [-0.05, 0) is 35.8 Å². The summed E-state index contributed by atoms with van der Waals surface area (Å²) < 4.78 is 1.46. The fourth-order valence-electron chi connectivity index (χ4n) is 2.25. The molecule has 2 heterocycles. The van der Waals surface area contributed by atoms with Gasteiger partial charge in [0.1, 0.15) is 0 Å². The monoisotopic (exact) mass is 351 g/mol. The molecule has 140 valence electrons. The molecule has 0 aliphatic rings. The lowest BCUT2D eigenvalue weighted by atomic mass is 9.99. The van der Waals surface area contributed by atoms with Crippen molar-refractivity contribution in [2.24, 2.45) is 0 Å². The van der Waals surface area contributed by atoms with Gasteiger partial charge in [0.2, 0.25) is 0 Å². The number of aryl methyl sites for hydroxylation is 2. The normalized spacial score (nSPS) is 9.46. The number of pyridine rings is 1. The van der Waals surface area contributed by atoms with Crippen molar-refractivity contribution in [3.05, 3.63) is 28.4 Å². The van der Waals surface area contributed by atoms with Crippen LogP contribution in [0, 0.1) is 0 Å². The predicted molar refractivity (Wildman–Crippen MR) is 116 cm³/mol. The van der Waals surface area contributed by atoms with Gasteiger partial charge in [-0.1, -0.05) is 82.1 Å². The molecule has 2 aromatic rings. The molecule has 0 aliphatic heterocycles. The second kappa shape index (κ2) is 15.6. The minimum atomic E-state index is 0.520. The first kappa shape index (κ1) is 25.4. The topological polar surface area (TPSA) is 12.9 Å². The summed E-state index contributed by atoms with van der Waals surface area (Å²) in [6, 6.07) is 2.22. The summed E-state index contributed by atoms with van der Waals surface area (Å²) in [5.74, 6) is 0.520. The lowest BCUT2D eigenvalue weighted by Gasteiger charge is -2.14. The van der Waals surface area contributed by atoms with Gasteiger partial charge in [0.05, 0.1) is 0 Å². The van der Waals surface area contributed by atoms with Crippen molar-refractivity contribution >= 4 is 21.4 Å². The van der Waals surface area contributed by atoms with Crippen molar-refractivity contribution in [3.63, 3.8) is 0 Å². The van der Waals surface area contributed by atoms with E-state index in [4.69, 9.17) is 4.98 Å². The Bertz CT molecular complexity index is 524. The summed E-state index contributed by atoms with van der Waals surface area (Å²) in [7, 11) is 0. The Morgan fingerprint density at radius 2 is 1.42 bits per heavy atom. The molecule has 2 aromatic heterocycles. The molecule has 0 amide bonds. The second-order valence-electron chi connectivity index (χ2n) is 5.86. The van der Waals surface area contributed by atoms with Gasteiger partial charge in [-0.2, -0.15) is 0 Å².